The average Bonchev–Trinajstić information content (AvgIpc) is 1.65. The molecule has 0 aromatic carbocycles. The Morgan fingerprint density at radius 3 is 2.43 bits per heavy atom. The van der Waals surface area contributed by atoms with E-state index in [2.05, 4.69) is 12.7 Å². The van der Waals surface area contributed by atoms with Crippen molar-refractivity contribution in [2.75, 3.05) is 0 Å². The van der Waals surface area contributed by atoms with Crippen LogP contribution in [0.5, 0.6) is 0 Å². The molecule has 0 atom stereocenters. The van der Waals surface area contributed by atoms with Crippen molar-refractivity contribution >= 4 is 14.0 Å². The van der Waals surface area contributed by atoms with Gasteiger partial charge in [-0.25, -0.2) is 0 Å². The van der Waals surface area contributed by atoms with Crippen LogP contribution in [0.4, 0.5) is 0 Å². The summed E-state index contributed by atoms with van der Waals surface area (Å²) in [5.74, 6) is -0.380. The van der Waals surface area contributed by atoms with E-state index in [0.29, 0.717) is 6.42 Å². The van der Waals surface area contributed by atoms with Crippen molar-refractivity contribution < 1.29 is 40.4 Å². The average molecular weight is 108 g/mol. The van der Waals surface area contributed by atoms with Crippen LogP contribution >= 0.6 is 0 Å². The minimum atomic E-state index is -0.380. The normalized spacial score (nSPS) is 6.43. The second kappa shape index (κ2) is 6.53. The maximum atomic E-state index is 9.83. The first-order valence-corrected chi connectivity index (χ1v) is 1.70. The Morgan fingerprint density at radius 2 is 2.43 bits per heavy atom. The molecule has 7 heavy (non-hydrogen) atoms. The van der Waals surface area contributed by atoms with Gasteiger partial charge in [-0.3, -0.25) is 4.79 Å². The minimum absolute atomic E-state index is 0. The predicted octanol–water partition coefficient (Wildman–Crippen LogP) is -2.86. The summed E-state index contributed by atoms with van der Waals surface area (Å²) in [6.45, 7) is 1.68. The fourth-order valence-electron chi connectivity index (χ4n) is 0.0833. The topological polar surface area (TPSA) is 26.3 Å². The van der Waals surface area contributed by atoms with E-state index < -0.39 is 0 Å². The molecular formula is C3H6BNaO2. The van der Waals surface area contributed by atoms with E-state index in [1.54, 1.807) is 6.92 Å². The third-order valence-electron chi connectivity index (χ3n) is 0.420. The van der Waals surface area contributed by atoms with Crippen molar-refractivity contribution in [2.45, 2.75) is 13.3 Å². The van der Waals surface area contributed by atoms with E-state index in [9.17, 15) is 4.79 Å². The molecule has 0 saturated carbocycles. The molecule has 0 aliphatic rings. The van der Waals surface area contributed by atoms with E-state index in [-0.39, 0.29) is 37.0 Å². The molecule has 2 radical (unpaired) electrons. The van der Waals surface area contributed by atoms with E-state index in [0.717, 1.165) is 0 Å². The molecular weight excluding hydrogens is 102 g/mol. The Hall–Kier alpha value is 0.535. The first kappa shape index (κ1) is 10.5. The molecule has 34 valence electrons. The van der Waals surface area contributed by atoms with Crippen LogP contribution in [0, 0.1) is 0 Å². The summed E-state index contributed by atoms with van der Waals surface area (Å²) in [6.07, 6.45) is 0.344. The van der Waals surface area contributed by atoms with Gasteiger partial charge in [-0.1, -0.05) is 6.92 Å². The zero-order valence-corrected chi connectivity index (χ0v) is 6.60. The fourth-order valence-corrected chi connectivity index (χ4v) is 0.0833. The van der Waals surface area contributed by atoms with Crippen LogP contribution in [0.25, 0.3) is 0 Å². The number of rotatable bonds is 1. The van der Waals surface area contributed by atoms with Gasteiger partial charge in [-0.15, -0.1) is 0 Å². The van der Waals surface area contributed by atoms with Crippen molar-refractivity contribution in [2.24, 2.45) is 0 Å². The molecule has 4 heteroatoms. The third-order valence-corrected chi connectivity index (χ3v) is 0.420. The molecule has 0 heterocycles. The zero-order chi connectivity index (χ0) is 4.99. The van der Waals surface area contributed by atoms with Crippen LogP contribution in [0.3, 0.4) is 0 Å². The quantitative estimate of drug-likeness (QED) is 0.337. The Morgan fingerprint density at radius 1 is 2.00 bits per heavy atom. The van der Waals surface area contributed by atoms with Crippen LogP contribution in [-0.2, 0) is 9.45 Å². The second-order valence-electron chi connectivity index (χ2n) is 0.843. The van der Waals surface area contributed by atoms with Crippen molar-refractivity contribution in [1.29, 1.82) is 0 Å². The molecule has 0 spiro atoms. The van der Waals surface area contributed by atoms with E-state index in [1.807, 2.05) is 0 Å². The minimum Gasteiger partial charge on any atom is -1.00 e. The Balaban J connectivity index is -0.000000125. The van der Waals surface area contributed by atoms with Gasteiger partial charge in [0.2, 0.25) is 0 Å². The molecule has 0 aromatic heterocycles. The molecule has 0 bridgehead atoms. The van der Waals surface area contributed by atoms with Crippen molar-refractivity contribution in [3.63, 3.8) is 0 Å². The Labute approximate surface area is 67.8 Å². The Kier molecular flexibility index (Phi) is 9.81. The van der Waals surface area contributed by atoms with Gasteiger partial charge in [0.15, 0.2) is 0 Å². The summed E-state index contributed by atoms with van der Waals surface area (Å²) in [7, 11) is 4.43. The largest absolute Gasteiger partial charge is 1.00 e. The molecule has 0 aliphatic heterocycles. The maximum Gasteiger partial charge on any atom is 1.00 e. The first-order chi connectivity index (χ1) is 2.81. The van der Waals surface area contributed by atoms with Crippen LogP contribution in [0.1, 0.15) is 14.8 Å². The molecule has 0 saturated heterocycles. The van der Waals surface area contributed by atoms with Gasteiger partial charge in [0.25, 0.3) is 5.97 Å². The number of carbonyl (C=O) groups excluding carboxylic acids is 1. The van der Waals surface area contributed by atoms with Crippen LogP contribution in [-0.4, -0.2) is 14.0 Å². The van der Waals surface area contributed by atoms with Crippen LogP contribution < -0.4 is 29.6 Å². The van der Waals surface area contributed by atoms with Gasteiger partial charge in [-0.2, -0.15) is 0 Å². The summed E-state index contributed by atoms with van der Waals surface area (Å²) >= 11 is 0. The van der Waals surface area contributed by atoms with Crippen molar-refractivity contribution in [3.05, 3.63) is 0 Å². The molecule has 0 amide bonds. The summed E-state index contributed by atoms with van der Waals surface area (Å²) < 4.78 is 3.76. The van der Waals surface area contributed by atoms with Gasteiger partial charge in [0.05, 0.1) is 0 Å². The predicted molar refractivity (Wildman–Crippen MR) is 23.2 cm³/mol. The molecule has 0 N–H and O–H groups in total. The second-order valence-corrected chi connectivity index (χ2v) is 0.843. The van der Waals surface area contributed by atoms with Gasteiger partial charge >= 0.3 is 37.6 Å². The standard InChI is InChI=1S/C3H5BO2.Na.H/c1-2-3(5)6-4;;/h2H2,1H3;;/q;+1;-1. The van der Waals surface area contributed by atoms with Gasteiger partial charge < -0.3 is 6.08 Å². The molecule has 0 aromatic rings. The summed E-state index contributed by atoms with van der Waals surface area (Å²) in [5, 5.41) is 0. The number of hydrogen-bond donors (Lipinski definition) is 0. The van der Waals surface area contributed by atoms with Gasteiger partial charge in [-0.05, 0) is 0 Å². The van der Waals surface area contributed by atoms with Gasteiger partial charge in [0, 0.05) is 6.42 Å². The van der Waals surface area contributed by atoms with E-state index in [1.165, 1.54) is 0 Å². The monoisotopic (exact) mass is 108 g/mol. The molecule has 0 aliphatic carbocycles. The first-order valence-electron chi connectivity index (χ1n) is 1.70. The summed E-state index contributed by atoms with van der Waals surface area (Å²) in [4.78, 5) is 9.83. The van der Waals surface area contributed by atoms with Crippen LogP contribution in [0.2, 0.25) is 0 Å². The number of carbonyl (C=O) groups is 1. The third kappa shape index (κ3) is 6.53. The van der Waals surface area contributed by atoms with Crippen LogP contribution in [0.15, 0.2) is 0 Å². The fraction of sp³-hybridized carbons (Fsp3) is 0.667. The van der Waals surface area contributed by atoms with Crippen molar-refractivity contribution in [1.82, 2.24) is 0 Å². The van der Waals surface area contributed by atoms with E-state index >= 15 is 0 Å². The molecule has 0 rings (SSSR count). The Bertz CT molecular complexity index is 55.2. The SMILES string of the molecule is [B]OC(=O)CC.[H-].[Na+]. The molecule has 2 nitrogen and oxygen atoms in total. The van der Waals surface area contributed by atoms with E-state index in [4.69, 9.17) is 0 Å². The number of hydrogen-bond acceptors (Lipinski definition) is 2. The van der Waals surface area contributed by atoms with Crippen molar-refractivity contribution in [3.8, 4) is 0 Å². The molecule has 0 unspecified atom stereocenters. The smallest absolute Gasteiger partial charge is 1.00 e. The molecule has 0 fully saturated rings. The zero-order valence-electron chi connectivity index (χ0n) is 5.60. The maximum absolute atomic E-state index is 9.83. The summed E-state index contributed by atoms with van der Waals surface area (Å²) in [6, 6.07) is 0. The van der Waals surface area contributed by atoms with Gasteiger partial charge in [0.1, 0.15) is 0 Å². The summed E-state index contributed by atoms with van der Waals surface area (Å²) in [5.41, 5.74) is 0.